The number of carbonyl (C=O) groups is 2. The highest BCUT2D eigenvalue weighted by Crippen LogP contribution is 2.08. The first-order valence-electron chi connectivity index (χ1n) is 5.12. The maximum Gasteiger partial charge on any atom is 0.370 e. The number of para-hydroxylation sites is 1. The van der Waals surface area contributed by atoms with Crippen LogP contribution in [-0.2, 0) is 9.63 Å². The molecule has 0 bridgehead atoms. The molecule has 1 aliphatic rings. The first kappa shape index (κ1) is 11.4. The third-order valence-electron chi connectivity index (χ3n) is 2.07. The van der Waals surface area contributed by atoms with Crippen LogP contribution in [0.4, 0.5) is 4.79 Å². The molecule has 0 spiro atoms. The summed E-state index contributed by atoms with van der Waals surface area (Å²) in [6.07, 6.45) is 0. The summed E-state index contributed by atoms with van der Waals surface area (Å²) >= 11 is 0. The number of nitrogens with zero attached hydrogens (tertiary/aromatic N) is 2. The van der Waals surface area contributed by atoms with Gasteiger partial charge < -0.3 is 4.74 Å². The molecule has 17 heavy (non-hydrogen) atoms. The lowest BCUT2D eigenvalue weighted by Crippen LogP contribution is -2.31. The van der Waals surface area contributed by atoms with Crippen LogP contribution in [0.15, 0.2) is 30.3 Å². The number of benzene rings is 1. The molecule has 0 N–H and O–H groups in total. The zero-order valence-corrected chi connectivity index (χ0v) is 9.04. The van der Waals surface area contributed by atoms with Crippen molar-refractivity contribution in [2.75, 3.05) is 19.8 Å². The van der Waals surface area contributed by atoms with Gasteiger partial charge in [-0.15, -0.1) is 5.06 Å². The third kappa shape index (κ3) is 2.94. The number of carbonyl (C=O) groups excluding carboxylic acids is 2. The lowest BCUT2D eigenvalue weighted by Gasteiger charge is -2.11. The van der Waals surface area contributed by atoms with Crippen molar-refractivity contribution in [3.05, 3.63) is 30.3 Å². The van der Waals surface area contributed by atoms with Gasteiger partial charge in [0.1, 0.15) is 25.5 Å². The number of ether oxygens (including phenoxy) is 1. The van der Waals surface area contributed by atoms with Gasteiger partial charge in [0.05, 0.1) is 0 Å². The van der Waals surface area contributed by atoms with Crippen LogP contribution < -0.4 is 10.1 Å². The topological polar surface area (TPSA) is 69.9 Å². The molecule has 1 fully saturated rings. The fourth-order valence-corrected chi connectivity index (χ4v) is 1.30. The number of hydroxylamine groups is 2. The van der Waals surface area contributed by atoms with E-state index in [1.165, 1.54) is 0 Å². The summed E-state index contributed by atoms with van der Waals surface area (Å²) in [5.41, 5.74) is 0. The summed E-state index contributed by atoms with van der Waals surface area (Å²) in [6, 6.07) is 8.54. The van der Waals surface area contributed by atoms with E-state index in [1.54, 1.807) is 0 Å². The quantitative estimate of drug-likeness (QED) is 0.552. The van der Waals surface area contributed by atoms with Gasteiger partial charge in [-0.2, -0.15) is 0 Å². The molecule has 0 aliphatic carbocycles. The monoisotopic (exact) mass is 235 g/mol. The maximum atomic E-state index is 11.1. The molecule has 1 aliphatic heterocycles. The van der Waals surface area contributed by atoms with Crippen molar-refractivity contribution >= 4 is 11.9 Å². The Hall–Kier alpha value is -2.08. The fraction of sp³-hybridized carbons (Fsp3) is 0.273. The second-order valence-corrected chi connectivity index (χ2v) is 3.28. The standard InChI is InChI=1S/C11H11N2O4/c14-10-8-12-11(15)13(10)17-7-6-16-9-4-2-1-3-5-9/h1-5H,6-8H2. The van der Waals surface area contributed by atoms with Gasteiger partial charge in [-0.25, -0.2) is 10.1 Å². The van der Waals surface area contributed by atoms with E-state index in [9.17, 15) is 9.59 Å². The third-order valence-corrected chi connectivity index (χ3v) is 2.07. The van der Waals surface area contributed by atoms with Gasteiger partial charge in [0.2, 0.25) is 0 Å². The van der Waals surface area contributed by atoms with Crippen molar-refractivity contribution in [1.82, 2.24) is 10.4 Å². The van der Waals surface area contributed by atoms with Crippen LogP contribution in [0.2, 0.25) is 0 Å². The predicted octanol–water partition coefficient (Wildman–Crippen LogP) is 0.564. The smallest absolute Gasteiger partial charge is 0.370 e. The molecule has 89 valence electrons. The van der Waals surface area contributed by atoms with Crippen LogP contribution in [0, 0.1) is 0 Å². The van der Waals surface area contributed by atoms with Crippen LogP contribution >= 0.6 is 0 Å². The van der Waals surface area contributed by atoms with Crippen molar-refractivity contribution in [2.24, 2.45) is 0 Å². The molecule has 0 saturated carbocycles. The molecule has 1 aromatic carbocycles. The molecule has 2 rings (SSSR count). The van der Waals surface area contributed by atoms with E-state index in [2.05, 4.69) is 5.32 Å². The number of amides is 3. The minimum Gasteiger partial charge on any atom is -0.491 e. The second kappa shape index (κ2) is 5.31. The average Bonchev–Trinajstić information content (AvgIpc) is 2.67. The Bertz CT molecular complexity index is 391. The van der Waals surface area contributed by atoms with Crippen LogP contribution in [0.5, 0.6) is 5.75 Å². The molecule has 1 radical (unpaired) electrons. The Morgan fingerprint density at radius 3 is 2.59 bits per heavy atom. The van der Waals surface area contributed by atoms with E-state index >= 15 is 0 Å². The van der Waals surface area contributed by atoms with Crippen molar-refractivity contribution in [3.8, 4) is 5.75 Å². The molecule has 1 saturated heterocycles. The van der Waals surface area contributed by atoms with Crippen molar-refractivity contribution in [1.29, 1.82) is 0 Å². The van der Waals surface area contributed by atoms with E-state index in [0.29, 0.717) is 10.8 Å². The lowest BCUT2D eigenvalue weighted by molar-refractivity contribution is -0.163. The SMILES string of the molecule is O=C1C[N]C(=O)N1OCCOc1ccccc1. The summed E-state index contributed by atoms with van der Waals surface area (Å²) in [5.74, 6) is 0.259. The average molecular weight is 235 g/mol. The molecule has 0 unspecified atom stereocenters. The minimum absolute atomic E-state index is 0.113. The molecular formula is C11H11N2O4. The molecule has 0 aromatic heterocycles. The van der Waals surface area contributed by atoms with E-state index in [4.69, 9.17) is 9.57 Å². The van der Waals surface area contributed by atoms with E-state index < -0.39 is 11.9 Å². The number of hydrogen-bond donors (Lipinski definition) is 0. The van der Waals surface area contributed by atoms with Gasteiger partial charge in [0.15, 0.2) is 0 Å². The van der Waals surface area contributed by atoms with Gasteiger partial charge in [0, 0.05) is 0 Å². The highest BCUT2D eigenvalue weighted by atomic mass is 16.7. The zero-order chi connectivity index (χ0) is 12.1. The highest BCUT2D eigenvalue weighted by Gasteiger charge is 2.31. The Morgan fingerprint density at radius 1 is 1.18 bits per heavy atom. The minimum atomic E-state index is -0.658. The number of urea groups is 1. The van der Waals surface area contributed by atoms with Crippen LogP contribution in [0.3, 0.4) is 0 Å². The van der Waals surface area contributed by atoms with Crippen LogP contribution in [0.1, 0.15) is 0 Å². The summed E-state index contributed by atoms with van der Waals surface area (Å²) in [7, 11) is 0. The van der Waals surface area contributed by atoms with Gasteiger partial charge in [-0.05, 0) is 12.1 Å². The van der Waals surface area contributed by atoms with E-state index in [1.807, 2.05) is 30.3 Å². The second-order valence-electron chi connectivity index (χ2n) is 3.28. The Kier molecular flexibility index (Phi) is 3.56. The molecule has 6 heteroatoms. The lowest BCUT2D eigenvalue weighted by atomic mass is 10.3. The molecule has 6 nitrogen and oxygen atoms in total. The first-order chi connectivity index (χ1) is 8.27. The van der Waals surface area contributed by atoms with Gasteiger partial charge in [-0.1, -0.05) is 18.2 Å². The Morgan fingerprint density at radius 2 is 1.94 bits per heavy atom. The van der Waals surface area contributed by atoms with Crippen LogP contribution in [0.25, 0.3) is 0 Å². The maximum absolute atomic E-state index is 11.1. The van der Waals surface area contributed by atoms with Crippen molar-refractivity contribution in [2.45, 2.75) is 0 Å². The van der Waals surface area contributed by atoms with E-state index in [-0.39, 0.29) is 19.8 Å². The first-order valence-corrected chi connectivity index (χ1v) is 5.12. The van der Waals surface area contributed by atoms with Gasteiger partial charge in [-0.3, -0.25) is 9.63 Å². The van der Waals surface area contributed by atoms with Gasteiger partial charge in [0.25, 0.3) is 5.91 Å². The fourth-order valence-electron chi connectivity index (χ4n) is 1.30. The van der Waals surface area contributed by atoms with Crippen molar-refractivity contribution in [3.63, 3.8) is 0 Å². The number of rotatable bonds is 5. The normalized spacial score (nSPS) is 14.9. The molecule has 1 heterocycles. The summed E-state index contributed by atoms with van der Waals surface area (Å²) in [6.45, 7) is 0.224. The number of hydrogen-bond acceptors (Lipinski definition) is 4. The molecular weight excluding hydrogens is 224 g/mol. The predicted molar refractivity (Wildman–Crippen MR) is 57.1 cm³/mol. The largest absolute Gasteiger partial charge is 0.491 e. The summed E-state index contributed by atoms with van der Waals surface area (Å²) in [5, 5.41) is 4.07. The zero-order valence-electron chi connectivity index (χ0n) is 9.04. The van der Waals surface area contributed by atoms with Gasteiger partial charge >= 0.3 is 6.03 Å². The summed E-state index contributed by atoms with van der Waals surface area (Å²) in [4.78, 5) is 27.1. The molecule has 0 atom stereocenters. The summed E-state index contributed by atoms with van der Waals surface area (Å²) < 4.78 is 5.33. The molecule has 1 aromatic rings. The Labute approximate surface area is 98.1 Å². The van der Waals surface area contributed by atoms with Crippen molar-refractivity contribution < 1.29 is 19.2 Å². The number of imide groups is 1. The Balaban J connectivity index is 1.70. The highest BCUT2D eigenvalue weighted by molar-refractivity contribution is 6.00. The molecule has 3 amide bonds. The van der Waals surface area contributed by atoms with E-state index in [0.717, 1.165) is 0 Å². The van der Waals surface area contributed by atoms with Crippen LogP contribution in [-0.4, -0.2) is 36.8 Å².